The van der Waals surface area contributed by atoms with Crippen LogP contribution in [-0.2, 0) is 4.79 Å². The topological polar surface area (TPSA) is 89.1 Å². The van der Waals surface area contributed by atoms with Crippen molar-refractivity contribution < 1.29 is 9.32 Å². The zero-order valence-electron chi connectivity index (χ0n) is 16.0. The zero-order valence-corrected chi connectivity index (χ0v) is 16.0. The first-order valence-electron chi connectivity index (χ1n) is 8.85. The Kier molecular flexibility index (Phi) is 5.66. The van der Waals surface area contributed by atoms with E-state index in [1.807, 2.05) is 50.1 Å². The van der Waals surface area contributed by atoms with Crippen LogP contribution in [-0.4, -0.2) is 44.3 Å². The molecule has 0 spiro atoms. The van der Waals surface area contributed by atoms with Crippen molar-refractivity contribution in [2.75, 3.05) is 18.9 Å². The maximum absolute atomic E-state index is 12.3. The standard InChI is InChI=1S/C19H24N6O2/c1-13(2)17-9-19(27-23-17)22-18(26)10-24(4)14(3)15-5-7-16(8-6-15)25-12-20-11-21-25/h5-9,11-14H,10H2,1-4H3,(H,22,26). The van der Waals surface area contributed by atoms with E-state index in [9.17, 15) is 4.79 Å². The number of anilines is 1. The number of carbonyl (C=O) groups is 1. The molecule has 1 atom stereocenters. The van der Waals surface area contributed by atoms with Gasteiger partial charge in [-0.05, 0) is 37.6 Å². The van der Waals surface area contributed by atoms with Gasteiger partial charge in [-0.15, -0.1) is 0 Å². The minimum absolute atomic E-state index is 0.0708. The number of hydrogen-bond donors (Lipinski definition) is 1. The Hall–Kier alpha value is -3.00. The molecule has 0 aliphatic rings. The lowest BCUT2D eigenvalue weighted by Crippen LogP contribution is -2.32. The molecule has 0 aliphatic carbocycles. The van der Waals surface area contributed by atoms with Crippen molar-refractivity contribution in [1.82, 2.24) is 24.8 Å². The van der Waals surface area contributed by atoms with Gasteiger partial charge in [-0.3, -0.25) is 15.0 Å². The molecule has 1 unspecified atom stereocenters. The number of benzene rings is 1. The molecule has 0 radical (unpaired) electrons. The van der Waals surface area contributed by atoms with Crippen LogP contribution in [0.15, 0.2) is 47.5 Å². The van der Waals surface area contributed by atoms with E-state index in [0.717, 1.165) is 16.9 Å². The van der Waals surface area contributed by atoms with E-state index in [0.29, 0.717) is 5.88 Å². The van der Waals surface area contributed by atoms with Gasteiger partial charge >= 0.3 is 0 Å². The van der Waals surface area contributed by atoms with Gasteiger partial charge in [-0.1, -0.05) is 31.1 Å². The van der Waals surface area contributed by atoms with E-state index >= 15 is 0 Å². The highest BCUT2D eigenvalue weighted by Gasteiger charge is 2.17. The van der Waals surface area contributed by atoms with Gasteiger partial charge in [0.15, 0.2) is 0 Å². The van der Waals surface area contributed by atoms with Crippen LogP contribution in [0.25, 0.3) is 5.69 Å². The molecule has 0 aliphatic heterocycles. The number of amides is 1. The predicted molar refractivity (Wildman–Crippen MR) is 102 cm³/mol. The first kappa shape index (κ1) is 18.8. The van der Waals surface area contributed by atoms with Gasteiger partial charge in [-0.2, -0.15) is 5.10 Å². The largest absolute Gasteiger partial charge is 0.338 e. The Balaban J connectivity index is 1.57. The summed E-state index contributed by atoms with van der Waals surface area (Å²) in [6, 6.07) is 9.85. The van der Waals surface area contributed by atoms with Crippen LogP contribution in [0.5, 0.6) is 0 Å². The average Bonchev–Trinajstić information content (AvgIpc) is 3.33. The summed E-state index contributed by atoms with van der Waals surface area (Å²) in [6.45, 7) is 6.34. The van der Waals surface area contributed by atoms with Crippen molar-refractivity contribution in [2.45, 2.75) is 32.7 Å². The monoisotopic (exact) mass is 368 g/mol. The van der Waals surface area contributed by atoms with Crippen molar-refractivity contribution in [2.24, 2.45) is 0 Å². The van der Waals surface area contributed by atoms with Gasteiger partial charge in [0.2, 0.25) is 11.8 Å². The minimum Gasteiger partial charge on any atom is -0.338 e. The second kappa shape index (κ2) is 8.13. The van der Waals surface area contributed by atoms with Crippen LogP contribution in [0, 0.1) is 0 Å². The Morgan fingerprint density at radius 3 is 2.59 bits per heavy atom. The maximum Gasteiger partial charge on any atom is 0.240 e. The predicted octanol–water partition coefficient (Wildman–Crippen LogP) is 3.01. The van der Waals surface area contributed by atoms with Crippen LogP contribution >= 0.6 is 0 Å². The Bertz CT molecular complexity index is 870. The molecule has 27 heavy (non-hydrogen) atoms. The summed E-state index contributed by atoms with van der Waals surface area (Å²) in [5, 5.41) is 10.8. The normalized spacial score (nSPS) is 12.5. The lowest BCUT2D eigenvalue weighted by Gasteiger charge is -2.24. The van der Waals surface area contributed by atoms with Crippen molar-refractivity contribution in [3.05, 3.63) is 54.2 Å². The van der Waals surface area contributed by atoms with E-state index in [2.05, 4.69) is 27.5 Å². The summed E-state index contributed by atoms with van der Waals surface area (Å²) in [5.41, 5.74) is 2.87. The van der Waals surface area contributed by atoms with Gasteiger partial charge in [0.25, 0.3) is 0 Å². The molecule has 2 aromatic heterocycles. The minimum atomic E-state index is -0.143. The molecule has 1 amide bonds. The van der Waals surface area contributed by atoms with Crippen LogP contribution in [0.4, 0.5) is 5.88 Å². The molecule has 3 aromatic rings. The van der Waals surface area contributed by atoms with E-state index in [1.165, 1.54) is 6.33 Å². The fraction of sp³-hybridized carbons (Fsp3) is 0.368. The molecule has 142 valence electrons. The smallest absolute Gasteiger partial charge is 0.240 e. The molecule has 1 aromatic carbocycles. The third kappa shape index (κ3) is 4.59. The van der Waals surface area contributed by atoms with Crippen molar-refractivity contribution in [3.8, 4) is 5.69 Å². The summed E-state index contributed by atoms with van der Waals surface area (Å²) >= 11 is 0. The molecule has 0 fully saturated rings. The number of likely N-dealkylation sites (N-methyl/N-ethyl adjacent to an activating group) is 1. The number of rotatable bonds is 7. The number of nitrogens with zero attached hydrogens (tertiary/aromatic N) is 5. The molecule has 8 heteroatoms. The van der Waals surface area contributed by atoms with Crippen LogP contribution in [0.2, 0.25) is 0 Å². The average molecular weight is 368 g/mol. The van der Waals surface area contributed by atoms with Crippen molar-refractivity contribution >= 4 is 11.8 Å². The number of hydrogen-bond acceptors (Lipinski definition) is 6. The van der Waals surface area contributed by atoms with E-state index in [4.69, 9.17) is 4.52 Å². The highest BCUT2D eigenvalue weighted by Crippen LogP contribution is 2.21. The van der Waals surface area contributed by atoms with E-state index in [-0.39, 0.29) is 24.4 Å². The summed E-state index contributed by atoms with van der Waals surface area (Å²) < 4.78 is 6.86. The molecule has 0 bridgehead atoms. The Morgan fingerprint density at radius 2 is 2.00 bits per heavy atom. The summed E-state index contributed by atoms with van der Waals surface area (Å²) in [7, 11) is 1.91. The number of carbonyl (C=O) groups excluding carboxylic acids is 1. The van der Waals surface area contributed by atoms with Crippen molar-refractivity contribution in [3.63, 3.8) is 0 Å². The fourth-order valence-corrected chi connectivity index (χ4v) is 2.66. The highest BCUT2D eigenvalue weighted by molar-refractivity contribution is 5.91. The molecule has 3 rings (SSSR count). The molecule has 0 saturated carbocycles. The maximum atomic E-state index is 12.3. The molecular weight excluding hydrogens is 344 g/mol. The van der Waals surface area contributed by atoms with Gasteiger partial charge in [-0.25, -0.2) is 9.67 Å². The van der Waals surface area contributed by atoms with E-state index in [1.54, 1.807) is 17.1 Å². The lowest BCUT2D eigenvalue weighted by atomic mass is 10.1. The van der Waals surface area contributed by atoms with Crippen LogP contribution < -0.4 is 5.32 Å². The Morgan fingerprint density at radius 1 is 1.26 bits per heavy atom. The number of nitrogens with one attached hydrogen (secondary N) is 1. The second-order valence-electron chi connectivity index (χ2n) is 6.84. The lowest BCUT2D eigenvalue weighted by molar-refractivity contribution is -0.117. The van der Waals surface area contributed by atoms with Gasteiger partial charge < -0.3 is 4.52 Å². The van der Waals surface area contributed by atoms with E-state index < -0.39 is 0 Å². The van der Waals surface area contributed by atoms with Gasteiger partial charge in [0.05, 0.1) is 17.9 Å². The molecule has 2 heterocycles. The van der Waals surface area contributed by atoms with Crippen LogP contribution in [0.3, 0.4) is 0 Å². The fourth-order valence-electron chi connectivity index (χ4n) is 2.66. The Labute approximate surface area is 158 Å². The molecular formula is C19H24N6O2. The zero-order chi connectivity index (χ0) is 19.4. The number of aromatic nitrogens is 4. The van der Waals surface area contributed by atoms with Gasteiger partial charge in [0.1, 0.15) is 12.7 Å². The summed E-state index contributed by atoms with van der Waals surface area (Å²) in [6.07, 6.45) is 3.16. The summed E-state index contributed by atoms with van der Waals surface area (Å²) in [5.74, 6) is 0.486. The quantitative estimate of drug-likeness (QED) is 0.689. The first-order chi connectivity index (χ1) is 12.9. The summed E-state index contributed by atoms with van der Waals surface area (Å²) in [4.78, 5) is 18.2. The highest BCUT2D eigenvalue weighted by atomic mass is 16.5. The molecule has 8 nitrogen and oxygen atoms in total. The third-order valence-electron chi connectivity index (χ3n) is 4.50. The third-order valence-corrected chi connectivity index (χ3v) is 4.50. The second-order valence-corrected chi connectivity index (χ2v) is 6.84. The van der Waals surface area contributed by atoms with Gasteiger partial charge in [0, 0.05) is 12.1 Å². The first-order valence-corrected chi connectivity index (χ1v) is 8.85. The van der Waals surface area contributed by atoms with Crippen molar-refractivity contribution in [1.29, 1.82) is 0 Å². The molecule has 0 saturated heterocycles. The SMILES string of the molecule is CC(C)c1cc(NC(=O)CN(C)C(C)c2ccc(-n3cncn3)cc2)on1. The van der Waals surface area contributed by atoms with Crippen LogP contribution in [0.1, 0.15) is 44.0 Å². The molecule has 1 N–H and O–H groups in total.